The second-order valence-corrected chi connectivity index (χ2v) is 7.08. The van der Waals surface area contributed by atoms with Gasteiger partial charge in [0, 0.05) is 32.1 Å². The predicted octanol–water partition coefficient (Wildman–Crippen LogP) is 0.749. The number of aromatic nitrogens is 3. The molecule has 2 heterocycles. The van der Waals surface area contributed by atoms with Gasteiger partial charge in [-0.2, -0.15) is 5.10 Å². The van der Waals surface area contributed by atoms with E-state index < -0.39 is 0 Å². The number of fused-ring (bicyclic) bond motifs is 1. The monoisotopic (exact) mass is 335 g/mol. The molecule has 0 saturated heterocycles. The van der Waals surface area contributed by atoms with Crippen LogP contribution in [0.4, 0.5) is 0 Å². The first-order valence-electron chi connectivity index (χ1n) is 8.48. The number of hydrogen-bond acceptors (Lipinski definition) is 4. The lowest BCUT2D eigenvalue weighted by Crippen LogP contribution is -2.45. The summed E-state index contributed by atoms with van der Waals surface area (Å²) in [6.07, 6.45) is 2.06. The Labute approximate surface area is 143 Å². The second kappa shape index (κ2) is 7.63. The van der Waals surface area contributed by atoms with Crippen molar-refractivity contribution in [1.29, 1.82) is 0 Å². The van der Waals surface area contributed by atoms with Gasteiger partial charge < -0.3 is 16.0 Å². The fraction of sp³-hybridized carbons (Fsp3) is 0.750. The van der Waals surface area contributed by atoms with Crippen LogP contribution in [0.2, 0.25) is 0 Å². The highest BCUT2D eigenvalue weighted by Gasteiger charge is 2.24. The number of nitrogens with zero attached hydrogens (tertiary/aromatic N) is 4. The van der Waals surface area contributed by atoms with Crippen LogP contribution in [0.1, 0.15) is 51.3 Å². The van der Waals surface area contributed by atoms with Crippen LogP contribution in [0.25, 0.3) is 0 Å². The van der Waals surface area contributed by atoms with E-state index in [4.69, 9.17) is 0 Å². The lowest BCUT2D eigenvalue weighted by atomic mass is 9.96. The van der Waals surface area contributed by atoms with E-state index in [-0.39, 0.29) is 17.4 Å². The molecule has 24 heavy (non-hydrogen) atoms. The van der Waals surface area contributed by atoms with Gasteiger partial charge in [-0.1, -0.05) is 20.8 Å². The van der Waals surface area contributed by atoms with Crippen LogP contribution in [-0.4, -0.2) is 46.8 Å². The maximum atomic E-state index is 11.8. The highest BCUT2D eigenvalue weighted by Crippen LogP contribution is 2.22. The van der Waals surface area contributed by atoms with Crippen molar-refractivity contribution in [1.82, 2.24) is 30.7 Å². The molecule has 0 fully saturated rings. The lowest BCUT2D eigenvalue weighted by Gasteiger charge is -2.25. The highest BCUT2D eigenvalue weighted by atomic mass is 16.2. The van der Waals surface area contributed by atoms with Gasteiger partial charge in [0.15, 0.2) is 5.96 Å². The minimum absolute atomic E-state index is 0.0445. The molecule has 2 rings (SSSR count). The highest BCUT2D eigenvalue weighted by molar-refractivity contribution is 5.82. The van der Waals surface area contributed by atoms with Crippen molar-refractivity contribution >= 4 is 11.9 Å². The molecule has 3 N–H and O–H groups in total. The summed E-state index contributed by atoms with van der Waals surface area (Å²) in [6, 6.07) is 0.107. The van der Waals surface area contributed by atoms with Crippen molar-refractivity contribution in [3.63, 3.8) is 0 Å². The quantitative estimate of drug-likeness (QED) is 0.429. The summed E-state index contributed by atoms with van der Waals surface area (Å²) in [6.45, 7) is 9.69. The van der Waals surface area contributed by atoms with Gasteiger partial charge in [0.1, 0.15) is 11.6 Å². The molecule has 1 aromatic rings. The van der Waals surface area contributed by atoms with Gasteiger partial charge in [-0.15, -0.1) is 0 Å². The van der Waals surface area contributed by atoms with E-state index in [1.165, 1.54) is 0 Å². The van der Waals surface area contributed by atoms with Gasteiger partial charge in [-0.25, -0.2) is 9.67 Å². The third-order valence-corrected chi connectivity index (χ3v) is 3.90. The Morgan fingerprint density at radius 2 is 2.04 bits per heavy atom. The summed E-state index contributed by atoms with van der Waals surface area (Å²) in [5.41, 5.74) is -0.371. The van der Waals surface area contributed by atoms with E-state index in [1.807, 2.05) is 32.4 Å². The van der Waals surface area contributed by atoms with Crippen molar-refractivity contribution in [3.8, 4) is 0 Å². The zero-order valence-electron chi connectivity index (χ0n) is 15.3. The van der Waals surface area contributed by atoms with Crippen molar-refractivity contribution in [2.75, 3.05) is 20.1 Å². The summed E-state index contributed by atoms with van der Waals surface area (Å²) in [4.78, 5) is 20.6. The molecule has 8 heteroatoms. The zero-order chi connectivity index (χ0) is 17.7. The Kier molecular flexibility index (Phi) is 5.80. The van der Waals surface area contributed by atoms with Crippen LogP contribution in [0.5, 0.6) is 0 Å². The lowest BCUT2D eigenvalue weighted by molar-refractivity contribution is -0.128. The largest absolute Gasteiger partial charge is 0.355 e. The van der Waals surface area contributed by atoms with Crippen LogP contribution in [0.3, 0.4) is 0 Å². The molecule has 0 aliphatic carbocycles. The van der Waals surface area contributed by atoms with Gasteiger partial charge in [0.2, 0.25) is 5.91 Å². The average molecular weight is 335 g/mol. The number of nitrogens with one attached hydrogen (secondary N) is 3. The smallest absolute Gasteiger partial charge is 0.225 e. The second-order valence-electron chi connectivity index (χ2n) is 7.08. The molecule has 8 nitrogen and oxygen atoms in total. The zero-order valence-corrected chi connectivity index (χ0v) is 15.3. The Balaban J connectivity index is 1.82. The molecule has 134 valence electrons. The number of rotatable bonds is 4. The first-order chi connectivity index (χ1) is 11.3. The number of aryl methyl sites for hydroxylation is 2. The molecular weight excluding hydrogens is 306 g/mol. The van der Waals surface area contributed by atoms with Crippen molar-refractivity contribution < 1.29 is 4.79 Å². The van der Waals surface area contributed by atoms with Gasteiger partial charge in [-0.3, -0.25) is 9.79 Å². The Hall–Kier alpha value is -2.12. The molecule has 1 atom stereocenters. The van der Waals surface area contributed by atoms with Crippen molar-refractivity contribution in [2.24, 2.45) is 10.4 Å². The van der Waals surface area contributed by atoms with Gasteiger partial charge >= 0.3 is 0 Å². The van der Waals surface area contributed by atoms with Crippen LogP contribution in [0.15, 0.2) is 4.99 Å². The van der Waals surface area contributed by atoms with Crippen LogP contribution < -0.4 is 16.0 Å². The van der Waals surface area contributed by atoms with Crippen LogP contribution in [0, 0.1) is 12.3 Å². The fourth-order valence-electron chi connectivity index (χ4n) is 2.59. The van der Waals surface area contributed by atoms with Crippen molar-refractivity contribution in [3.05, 3.63) is 11.6 Å². The molecular formula is C16H29N7O. The molecule has 1 aromatic heterocycles. The number of amides is 1. The Bertz CT molecular complexity index is 600. The molecule has 0 spiro atoms. The van der Waals surface area contributed by atoms with Crippen LogP contribution in [-0.2, 0) is 11.3 Å². The number of aliphatic imine (C=N–C) groups is 1. The minimum Gasteiger partial charge on any atom is -0.355 e. The summed E-state index contributed by atoms with van der Waals surface area (Å²) in [7, 11) is 1.74. The number of hydrogen-bond donors (Lipinski definition) is 3. The van der Waals surface area contributed by atoms with E-state index in [9.17, 15) is 4.79 Å². The Morgan fingerprint density at radius 1 is 1.33 bits per heavy atom. The van der Waals surface area contributed by atoms with E-state index in [1.54, 1.807) is 7.05 Å². The minimum atomic E-state index is -0.371. The summed E-state index contributed by atoms with van der Waals surface area (Å²) in [5.74, 6) is 2.51. The molecule has 0 radical (unpaired) electrons. The average Bonchev–Trinajstić information content (AvgIpc) is 2.90. The summed E-state index contributed by atoms with van der Waals surface area (Å²) < 4.78 is 1.97. The maximum absolute atomic E-state index is 11.8. The molecule has 0 aromatic carbocycles. The predicted molar refractivity (Wildman–Crippen MR) is 93.7 cm³/mol. The van der Waals surface area contributed by atoms with Gasteiger partial charge in [0.05, 0.1) is 6.04 Å². The van der Waals surface area contributed by atoms with Gasteiger partial charge in [0.25, 0.3) is 0 Å². The summed E-state index contributed by atoms with van der Waals surface area (Å²) in [5, 5.41) is 13.9. The fourth-order valence-corrected chi connectivity index (χ4v) is 2.59. The van der Waals surface area contributed by atoms with Crippen LogP contribution >= 0.6 is 0 Å². The first kappa shape index (κ1) is 18.2. The maximum Gasteiger partial charge on any atom is 0.225 e. The standard InChI is InChI=1S/C16H29N7O/c1-11-20-13-12(7-6-10-23(13)22-11)21-15(17-5)19-9-8-18-14(24)16(2,3)4/h12H,6-10H2,1-5H3,(H,18,24)(H2,17,19,21). The molecule has 1 amide bonds. The molecule has 1 aliphatic rings. The normalized spacial score (nSPS) is 18.0. The summed E-state index contributed by atoms with van der Waals surface area (Å²) >= 11 is 0. The van der Waals surface area contributed by atoms with Crippen molar-refractivity contribution in [2.45, 2.75) is 53.1 Å². The number of carbonyl (C=O) groups excluding carboxylic acids is 1. The topological polar surface area (TPSA) is 96.2 Å². The third kappa shape index (κ3) is 4.69. The Morgan fingerprint density at radius 3 is 2.71 bits per heavy atom. The van der Waals surface area contributed by atoms with E-state index in [2.05, 4.69) is 31.0 Å². The van der Waals surface area contributed by atoms with E-state index in [0.29, 0.717) is 19.0 Å². The molecule has 1 unspecified atom stereocenters. The number of guanidine groups is 1. The molecule has 0 bridgehead atoms. The first-order valence-corrected chi connectivity index (χ1v) is 8.48. The number of carbonyl (C=O) groups is 1. The SMILES string of the molecule is CN=C(NCCNC(=O)C(C)(C)C)NC1CCCn2nc(C)nc21. The molecule has 0 saturated carbocycles. The van der Waals surface area contributed by atoms with E-state index >= 15 is 0 Å². The van der Waals surface area contributed by atoms with Gasteiger partial charge in [-0.05, 0) is 19.8 Å². The molecule has 1 aliphatic heterocycles. The van der Waals surface area contributed by atoms with E-state index in [0.717, 1.165) is 31.0 Å². The third-order valence-electron chi connectivity index (χ3n) is 3.90.